The summed E-state index contributed by atoms with van der Waals surface area (Å²) >= 11 is 0. The molecular formula is C19H16S. The molecule has 0 fully saturated rings. The van der Waals surface area contributed by atoms with Crippen molar-refractivity contribution in [3.8, 4) is 11.1 Å². The highest BCUT2D eigenvalue weighted by Gasteiger charge is 2.26. The number of aryl methyl sites for hydroxylation is 1. The quantitative estimate of drug-likeness (QED) is 0.439. The van der Waals surface area contributed by atoms with Crippen LogP contribution in [0.5, 0.6) is 0 Å². The van der Waals surface area contributed by atoms with Crippen LogP contribution in [0.3, 0.4) is 0 Å². The standard InChI is InChI=1S/C19H16S/c1-14-10-12-15(13-11-14)20-18-8-4-2-6-16(18)17-7-3-5-9-19(17)20/h2-13,20H,1H3. The minimum atomic E-state index is -0.384. The minimum Gasteiger partial charge on any atom is -0.172 e. The highest BCUT2D eigenvalue weighted by molar-refractivity contribution is 8.17. The van der Waals surface area contributed by atoms with Gasteiger partial charge in [0.15, 0.2) is 0 Å². The zero-order valence-electron chi connectivity index (χ0n) is 11.4. The second kappa shape index (κ2) is 4.53. The van der Waals surface area contributed by atoms with Crippen molar-refractivity contribution < 1.29 is 0 Å². The molecule has 0 spiro atoms. The van der Waals surface area contributed by atoms with Gasteiger partial charge in [-0.15, -0.1) is 0 Å². The summed E-state index contributed by atoms with van der Waals surface area (Å²) < 4.78 is 0. The molecule has 0 radical (unpaired) electrons. The van der Waals surface area contributed by atoms with Crippen LogP contribution in [0.25, 0.3) is 11.1 Å². The molecule has 0 N–H and O–H groups in total. The van der Waals surface area contributed by atoms with Crippen LogP contribution in [0.15, 0.2) is 87.5 Å². The number of benzene rings is 3. The Hall–Kier alpha value is -1.99. The lowest BCUT2D eigenvalue weighted by Gasteiger charge is -2.19. The van der Waals surface area contributed by atoms with Crippen molar-refractivity contribution in [1.29, 1.82) is 0 Å². The minimum absolute atomic E-state index is 0.384. The molecule has 0 atom stereocenters. The molecule has 0 aromatic heterocycles. The van der Waals surface area contributed by atoms with Crippen molar-refractivity contribution in [2.75, 3.05) is 0 Å². The SMILES string of the molecule is Cc1ccc([SH]2c3ccccc3-c3ccccc32)cc1. The number of hydrogen-bond acceptors (Lipinski definition) is 0. The molecule has 4 rings (SSSR count). The first kappa shape index (κ1) is 11.8. The van der Waals surface area contributed by atoms with Crippen LogP contribution in [-0.2, 0) is 0 Å². The van der Waals surface area contributed by atoms with Gasteiger partial charge in [-0.05, 0) is 47.2 Å². The number of hydrogen-bond donors (Lipinski definition) is 1. The Bertz CT molecular complexity index is 726. The van der Waals surface area contributed by atoms with E-state index in [1.807, 2.05) is 0 Å². The third-order valence-electron chi connectivity index (χ3n) is 3.87. The topological polar surface area (TPSA) is 0 Å². The van der Waals surface area contributed by atoms with E-state index in [1.165, 1.54) is 31.4 Å². The third kappa shape index (κ3) is 1.70. The van der Waals surface area contributed by atoms with Gasteiger partial charge < -0.3 is 0 Å². The van der Waals surface area contributed by atoms with Gasteiger partial charge in [0.1, 0.15) is 0 Å². The van der Waals surface area contributed by atoms with E-state index in [1.54, 1.807) is 0 Å². The zero-order chi connectivity index (χ0) is 13.5. The van der Waals surface area contributed by atoms with Crippen LogP contribution in [0.1, 0.15) is 5.56 Å². The summed E-state index contributed by atoms with van der Waals surface area (Å²) in [6.45, 7) is 2.15. The van der Waals surface area contributed by atoms with Crippen molar-refractivity contribution in [2.24, 2.45) is 0 Å². The second-order valence-corrected chi connectivity index (χ2v) is 7.36. The molecule has 0 nitrogen and oxygen atoms in total. The Morgan fingerprint density at radius 3 is 1.65 bits per heavy atom. The third-order valence-corrected chi connectivity index (χ3v) is 6.43. The fourth-order valence-corrected chi connectivity index (χ4v) is 5.50. The van der Waals surface area contributed by atoms with Crippen molar-refractivity contribution in [1.82, 2.24) is 0 Å². The maximum Gasteiger partial charge on any atom is 0.00343 e. The van der Waals surface area contributed by atoms with Gasteiger partial charge in [0.2, 0.25) is 0 Å². The maximum absolute atomic E-state index is 2.29. The molecule has 0 unspecified atom stereocenters. The van der Waals surface area contributed by atoms with Gasteiger partial charge in [0, 0.05) is 9.79 Å². The van der Waals surface area contributed by atoms with Crippen molar-refractivity contribution in [3.05, 3.63) is 78.4 Å². The molecule has 1 aliphatic rings. The van der Waals surface area contributed by atoms with Crippen molar-refractivity contribution in [2.45, 2.75) is 21.6 Å². The first-order valence-corrected chi connectivity index (χ1v) is 8.24. The van der Waals surface area contributed by atoms with Gasteiger partial charge in [-0.1, -0.05) is 54.1 Å². The van der Waals surface area contributed by atoms with E-state index in [4.69, 9.17) is 0 Å². The molecule has 0 bridgehead atoms. The van der Waals surface area contributed by atoms with Crippen LogP contribution < -0.4 is 0 Å². The second-order valence-electron chi connectivity index (χ2n) is 5.21. The summed E-state index contributed by atoms with van der Waals surface area (Å²) in [5.41, 5.74) is 4.15. The average molecular weight is 276 g/mol. The molecule has 0 saturated carbocycles. The summed E-state index contributed by atoms with van der Waals surface area (Å²) in [6, 6.07) is 26.7. The Labute approximate surface area is 122 Å². The van der Waals surface area contributed by atoms with Crippen molar-refractivity contribution in [3.63, 3.8) is 0 Å². The molecule has 1 heterocycles. The highest BCUT2D eigenvalue weighted by Crippen LogP contribution is 2.62. The van der Waals surface area contributed by atoms with Crippen molar-refractivity contribution >= 4 is 10.9 Å². The van der Waals surface area contributed by atoms with E-state index in [9.17, 15) is 0 Å². The number of thiol groups is 1. The van der Waals surface area contributed by atoms with Crippen LogP contribution in [0, 0.1) is 6.92 Å². The molecule has 98 valence electrons. The van der Waals surface area contributed by atoms with Gasteiger partial charge in [0.25, 0.3) is 0 Å². The molecule has 20 heavy (non-hydrogen) atoms. The number of rotatable bonds is 1. The van der Waals surface area contributed by atoms with Gasteiger partial charge in [-0.3, -0.25) is 0 Å². The fourth-order valence-electron chi connectivity index (χ4n) is 2.89. The van der Waals surface area contributed by atoms with E-state index < -0.39 is 0 Å². The van der Waals surface area contributed by atoms with Crippen LogP contribution in [0.2, 0.25) is 0 Å². The molecule has 1 heteroatoms. The smallest absolute Gasteiger partial charge is 0.00343 e. The Morgan fingerprint density at radius 2 is 1.10 bits per heavy atom. The maximum atomic E-state index is 2.29. The predicted molar refractivity (Wildman–Crippen MR) is 86.8 cm³/mol. The molecular weight excluding hydrogens is 260 g/mol. The zero-order valence-corrected chi connectivity index (χ0v) is 12.3. The van der Waals surface area contributed by atoms with Crippen LogP contribution in [0.4, 0.5) is 0 Å². The van der Waals surface area contributed by atoms with Gasteiger partial charge in [0.05, 0.1) is 0 Å². The Balaban J connectivity index is 1.97. The summed E-state index contributed by atoms with van der Waals surface area (Å²) in [7, 11) is -0.384. The molecule has 0 saturated heterocycles. The molecule has 1 aliphatic heterocycles. The van der Waals surface area contributed by atoms with E-state index in [0.29, 0.717) is 0 Å². The van der Waals surface area contributed by atoms with E-state index in [0.717, 1.165) is 0 Å². The lowest BCUT2D eigenvalue weighted by Crippen LogP contribution is -1.83. The lowest BCUT2D eigenvalue weighted by molar-refractivity contribution is 1.35. The molecule has 3 aromatic carbocycles. The van der Waals surface area contributed by atoms with Gasteiger partial charge in [-0.25, -0.2) is 0 Å². The van der Waals surface area contributed by atoms with E-state index in [-0.39, 0.29) is 10.9 Å². The largest absolute Gasteiger partial charge is 0.172 e. The normalized spacial score (nSPS) is 13.9. The Kier molecular flexibility index (Phi) is 2.68. The van der Waals surface area contributed by atoms with Crippen LogP contribution >= 0.6 is 10.9 Å². The highest BCUT2D eigenvalue weighted by atomic mass is 32.2. The molecule has 0 aliphatic carbocycles. The molecule has 3 aromatic rings. The van der Waals surface area contributed by atoms with Gasteiger partial charge in [-0.2, -0.15) is 10.9 Å². The van der Waals surface area contributed by atoms with Crippen LogP contribution in [-0.4, -0.2) is 0 Å². The summed E-state index contributed by atoms with van der Waals surface area (Å²) in [5, 5.41) is 0. The summed E-state index contributed by atoms with van der Waals surface area (Å²) in [6.07, 6.45) is 0. The lowest BCUT2D eigenvalue weighted by atomic mass is 10.1. The number of fused-ring (bicyclic) bond motifs is 3. The Morgan fingerprint density at radius 1 is 0.600 bits per heavy atom. The molecule has 0 amide bonds. The average Bonchev–Trinajstić information content (AvgIpc) is 2.83. The first-order valence-electron chi connectivity index (χ1n) is 6.90. The summed E-state index contributed by atoms with van der Waals surface area (Å²) in [5.74, 6) is 0. The summed E-state index contributed by atoms with van der Waals surface area (Å²) in [4.78, 5) is 4.43. The first-order chi connectivity index (χ1) is 9.84. The monoisotopic (exact) mass is 276 g/mol. The van der Waals surface area contributed by atoms with E-state index in [2.05, 4.69) is 79.7 Å². The van der Waals surface area contributed by atoms with E-state index >= 15 is 0 Å². The predicted octanol–water partition coefficient (Wildman–Crippen LogP) is 5.45. The van der Waals surface area contributed by atoms with Gasteiger partial charge >= 0.3 is 0 Å². The fraction of sp³-hybridized carbons (Fsp3) is 0.0526.